The minimum absolute atomic E-state index is 0.645. The fourth-order valence-electron chi connectivity index (χ4n) is 7.13. The predicted octanol–water partition coefficient (Wildman–Crippen LogP) is 12.0. The van der Waals surface area contributed by atoms with Crippen LogP contribution in [0.25, 0.3) is 93.0 Å². The maximum Gasteiger partial charge on any atom is 0.164 e. The first-order valence-corrected chi connectivity index (χ1v) is 17.5. The molecule has 10 aromatic rings. The van der Waals surface area contributed by atoms with Gasteiger partial charge in [-0.15, -0.1) is 11.3 Å². The highest BCUT2D eigenvalue weighted by molar-refractivity contribution is 7.25. The van der Waals surface area contributed by atoms with E-state index in [1.165, 1.54) is 25.7 Å². The second-order valence-electron chi connectivity index (χ2n) is 12.5. The summed E-state index contributed by atoms with van der Waals surface area (Å²) < 4.78 is 4.98. The zero-order valence-electron chi connectivity index (χ0n) is 26.9. The van der Waals surface area contributed by atoms with Gasteiger partial charge in [0.2, 0.25) is 0 Å². The highest BCUT2D eigenvalue weighted by Crippen LogP contribution is 2.42. The van der Waals surface area contributed by atoms with E-state index in [2.05, 4.69) is 138 Å². The van der Waals surface area contributed by atoms with Crippen LogP contribution in [0, 0.1) is 0 Å². The van der Waals surface area contributed by atoms with Crippen molar-refractivity contribution in [3.8, 4) is 51.0 Å². The molecule has 4 nitrogen and oxygen atoms in total. The van der Waals surface area contributed by atoms with Crippen molar-refractivity contribution in [1.29, 1.82) is 0 Å². The lowest BCUT2D eigenvalue weighted by atomic mass is 10.0. The van der Waals surface area contributed by atoms with Crippen LogP contribution in [0.2, 0.25) is 0 Å². The molecule has 3 heterocycles. The van der Waals surface area contributed by atoms with Gasteiger partial charge in [-0.25, -0.2) is 15.0 Å². The summed E-state index contributed by atoms with van der Waals surface area (Å²) >= 11 is 1.84. The molecule has 0 atom stereocenters. The fourth-order valence-corrected chi connectivity index (χ4v) is 8.21. The molecule has 0 unspecified atom stereocenters. The SMILES string of the molecule is c1ccc(-c2ccc3c(c2)c2c(-c4nc(-c5ccccc5)nc(-c5ccccc5)n4)cccc2n3-c2ccc3sc4ccccc4c3c2)cc1. The Hall–Kier alpha value is -6.43. The second-order valence-corrected chi connectivity index (χ2v) is 13.5. The van der Waals surface area contributed by atoms with Gasteiger partial charge in [-0.05, 0) is 53.6 Å². The van der Waals surface area contributed by atoms with Gasteiger partial charge in [0.25, 0.3) is 0 Å². The van der Waals surface area contributed by atoms with Crippen molar-refractivity contribution in [2.24, 2.45) is 0 Å². The van der Waals surface area contributed by atoms with Crippen LogP contribution >= 0.6 is 11.3 Å². The van der Waals surface area contributed by atoms with Gasteiger partial charge in [0, 0.05) is 53.3 Å². The summed E-state index contributed by atoms with van der Waals surface area (Å²) in [5.74, 6) is 1.94. The molecule has 0 aliphatic heterocycles. The first kappa shape index (κ1) is 28.6. The van der Waals surface area contributed by atoms with Crippen molar-refractivity contribution in [1.82, 2.24) is 19.5 Å². The Morgan fingerprint density at radius 1 is 0.380 bits per heavy atom. The van der Waals surface area contributed by atoms with Gasteiger partial charge in [-0.1, -0.05) is 127 Å². The van der Waals surface area contributed by atoms with Gasteiger partial charge >= 0.3 is 0 Å². The average Bonchev–Trinajstić information content (AvgIpc) is 3.74. The zero-order valence-corrected chi connectivity index (χ0v) is 27.7. The van der Waals surface area contributed by atoms with E-state index < -0.39 is 0 Å². The van der Waals surface area contributed by atoms with Gasteiger partial charge in [0.05, 0.1) is 11.0 Å². The minimum atomic E-state index is 0.645. The monoisotopic (exact) mass is 656 g/mol. The van der Waals surface area contributed by atoms with Gasteiger partial charge in [-0.3, -0.25) is 0 Å². The maximum atomic E-state index is 5.16. The molecule has 0 bridgehead atoms. The smallest absolute Gasteiger partial charge is 0.164 e. The summed E-state index contributed by atoms with van der Waals surface area (Å²) in [6, 6.07) is 59.7. The lowest BCUT2D eigenvalue weighted by Gasteiger charge is -2.10. The maximum absolute atomic E-state index is 5.16. The van der Waals surface area contributed by atoms with Crippen LogP contribution < -0.4 is 0 Å². The van der Waals surface area contributed by atoms with Crippen LogP contribution in [0.1, 0.15) is 0 Å². The Morgan fingerprint density at radius 2 is 1.00 bits per heavy atom. The van der Waals surface area contributed by atoms with Crippen molar-refractivity contribution in [3.63, 3.8) is 0 Å². The fraction of sp³-hybridized carbons (Fsp3) is 0. The molecule has 7 aromatic carbocycles. The van der Waals surface area contributed by atoms with E-state index in [-0.39, 0.29) is 0 Å². The molecule has 0 aliphatic rings. The molecule has 0 aliphatic carbocycles. The normalized spacial score (nSPS) is 11.6. The molecule has 3 aromatic heterocycles. The number of rotatable bonds is 5. The summed E-state index contributed by atoms with van der Waals surface area (Å²) in [5, 5.41) is 4.82. The topological polar surface area (TPSA) is 43.6 Å². The predicted molar refractivity (Wildman–Crippen MR) is 209 cm³/mol. The first-order valence-electron chi connectivity index (χ1n) is 16.7. The molecular weight excluding hydrogens is 629 g/mol. The summed E-state index contributed by atoms with van der Waals surface area (Å²) in [4.78, 5) is 15.3. The van der Waals surface area contributed by atoms with E-state index in [0.29, 0.717) is 17.5 Å². The Labute approximate surface area is 292 Å². The first-order chi connectivity index (χ1) is 24.8. The van der Waals surface area contributed by atoms with Crippen LogP contribution in [0.3, 0.4) is 0 Å². The Bertz CT molecular complexity index is 2800. The third kappa shape index (κ3) is 4.71. The Kier molecular flexibility index (Phi) is 6.64. The van der Waals surface area contributed by atoms with Crippen LogP contribution in [-0.4, -0.2) is 19.5 Å². The standard InChI is InChI=1S/C45H28N4S/c1-4-13-29(14-5-1)32-23-25-38-37(27-32)42-35(45-47-43(30-15-6-2-7-16-30)46-44(48-45)31-17-8-3-9-18-31)20-12-21-39(42)49(38)33-24-26-41-36(28-33)34-19-10-11-22-40(34)50-41/h1-28H. The molecule has 0 saturated carbocycles. The Balaban J connectivity index is 1.28. The highest BCUT2D eigenvalue weighted by Gasteiger charge is 2.21. The summed E-state index contributed by atoms with van der Waals surface area (Å²) in [6.45, 7) is 0. The van der Waals surface area contributed by atoms with Crippen LogP contribution in [0.5, 0.6) is 0 Å². The van der Waals surface area contributed by atoms with Gasteiger partial charge < -0.3 is 4.57 Å². The van der Waals surface area contributed by atoms with Crippen molar-refractivity contribution >= 4 is 53.3 Å². The zero-order chi connectivity index (χ0) is 33.0. The largest absolute Gasteiger partial charge is 0.309 e. The van der Waals surface area contributed by atoms with E-state index in [9.17, 15) is 0 Å². The molecule has 0 N–H and O–H groups in total. The van der Waals surface area contributed by atoms with Crippen molar-refractivity contribution < 1.29 is 0 Å². The Morgan fingerprint density at radius 3 is 1.72 bits per heavy atom. The third-order valence-corrected chi connectivity index (χ3v) is 10.6. The number of benzene rings is 7. The lowest BCUT2D eigenvalue weighted by molar-refractivity contribution is 1.08. The molecule has 0 saturated heterocycles. The van der Waals surface area contributed by atoms with Gasteiger partial charge in [0.1, 0.15) is 0 Å². The molecule has 0 spiro atoms. The third-order valence-electron chi connectivity index (χ3n) is 9.46. The molecular formula is C45H28N4S. The molecule has 234 valence electrons. The van der Waals surface area contributed by atoms with Crippen LogP contribution in [0.4, 0.5) is 0 Å². The van der Waals surface area contributed by atoms with Crippen molar-refractivity contribution in [2.45, 2.75) is 0 Å². The molecule has 0 fully saturated rings. The molecule has 5 heteroatoms. The van der Waals surface area contributed by atoms with Crippen LogP contribution in [-0.2, 0) is 0 Å². The molecule has 50 heavy (non-hydrogen) atoms. The van der Waals surface area contributed by atoms with Gasteiger partial charge in [-0.2, -0.15) is 0 Å². The van der Waals surface area contributed by atoms with E-state index >= 15 is 0 Å². The molecule has 0 amide bonds. The van der Waals surface area contributed by atoms with E-state index in [1.54, 1.807) is 0 Å². The number of fused-ring (bicyclic) bond motifs is 6. The number of hydrogen-bond donors (Lipinski definition) is 0. The van der Waals surface area contributed by atoms with Crippen LogP contribution in [0.15, 0.2) is 170 Å². The summed E-state index contributed by atoms with van der Waals surface area (Å²) in [7, 11) is 0. The number of hydrogen-bond acceptors (Lipinski definition) is 4. The number of aromatic nitrogens is 4. The lowest BCUT2D eigenvalue weighted by Crippen LogP contribution is -2.00. The summed E-state index contributed by atoms with van der Waals surface area (Å²) in [5.41, 5.74) is 8.56. The molecule has 0 radical (unpaired) electrons. The average molecular weight is 657 g/mol. The highest BCUT2D eigenvalue weighted by atomic mass is 32.1. The number of nitrogens with zero attached hydrogens (tertiary/aromatic N) is 4. The minimum Gasteiger partial charge on any atom is -0.309 e. The number of thiophene rings is 1. The van der Waals surface area contributed by atoms with E-state index in [0.717, 1.165) is 49.7 Å². The van der Waals surface area contributed by atoms with Crippen molar-refractivity contribution in [2.75, 3.05) is 0 Å². The van der Waals surface area contributed by atoms with Gasteiger partial charge in [0.15, 0.2) is 17.5 Å². The summed E-state index contributed by atoms with van der Waals surface area (Å²) in [6.07, 6.45) is 0. The quantitative estimate of drug-likeness (QED) is 0.185. The molecule has 10 rings (SSSR count). The van der Waals surface area contributed by atoms with E-state index in [1.807, 2.05) is 47.7 Å². The van der Waals surface area contributed by atoms with Crippen molar-refractivity contribution in [3.05, 3.63) is 170 Å². The van der Waals surface area contributed by atoms with E-state index in [4.69, 9.17) is 15.0 Å². The second kappa shape index (κ2) is 11.6.